The minimum atomic E-state index is -0.744. The number of carbonyl (C=O) groups is 1. The zero-order valence-electron chi connectivity index (χ0n) is 18.4. The van der Waals surface area contributed by atoms with Gasteiger partial charge in [-0.25, -0.2) is 4.68 Å². The van der Waals surface area contributed by atoms with Crippen LogP contribution in [0.4, 0.5) is 0 Å². The van der Waals surface area contributed by atoms with Crippen LogP contribution in [0.3, 0.4) is 0 Å². The average molecular weight is 405 g/mol. The average Bonchev–Trinajstić information content (AvgIpc) is 3.21. The van der Waals surface area contributed by atoms with Gasteiger partial charge in [0.2, 0.25) is 5.88 Å². The molecule has 0 N–H and O–H groups in total. The molecule has 0 bridgehead atoms. The van der Waals surface area contributed by atoms with Gasteiger partial charge in [0.05, 0.1) is 17.8 Å². The van der Waals surface area contributed by atoms with Crippen molar-refractivity contribution >= 4 is 13.1 Å². The molecule has 0 radical (unpaired) electrons. The number of esters is 1. The lowest BCUT2D eigenvalue weighted by Crippen LogP contribution is -2.41. The molecule has 1 unspecified atom stereocenters. The van der Waals surface area contributed by atoms with Crippen molar-refractivity contribution in [3.8, 4) is 5.88 Å². The predicted molar refractivity (Wildman–Crippen MR) is 108 cm³/mol. The van der Waals surface area contributed by atoms with E-state index in [1.807, 2.05) is 41.5 Å². The fourth-order valence-electron chi connectivity index (χ4n) is 3.57. The van der Waals surface area contributed by atoms with Gasteiger partial charge in [-0.2, -0.15) is 0 Å². The van der Waals surface area contributed by atoms with Gasteiger partial charge in [-0.1, -0.05) is 11.3 Å². The van der Waals surface area contributed by atoms with Gasteiger partial charge in [0.25, 0.3) is 0 Å². The van der Waals surface area contributed by atoms with E-state index in [2.05, 4.69) is 16.4 Å². The third kappa shape index (κ3) is 4.21. The summed E-state index contributed by atoms with van der Waals surface area (Å²) in [7, 11) is -0.383. The molecule has 1 aliphatic heterocycles. The highest BCUT2D eigenvalue weighted by Gasteiger charge is 2.53. The fourth-order valence-corrected chi connectivity index (χ4v) is 3.57. The van der Waals surface area contributed by atoms with Crippen molar-refractivity contribution < 1.29 is 23.6 Å². The Morgan fingerprint density at radius 2 is 1.93 bits per heavy atom. The molecule has 0 aromatic carbocycles. The van der Waals surface area contributed by atoms with Gasteiger partial charge in [-0.15, -0.1) is 5.10 Å². The van der Waals surface area contributed by atoms with E-state index in [1.165, 1.54) is 0 Å². The minimum Gasteiger partial charge on any atom is -0.475 e. The topological polar surface area (TPSA) is 84.7 Å². The Morgan fingerprint density at radius 1 is 1.24 bits per heavy atom. The molecule has 2 aliphatic rings. The number of hydrogen-bond donors (Lipinski definition) is 0. The van der Waals surface area contributed by atoms with Crippen molar-refractivity contribution in [3.63, 3.8) is 0 Å². The molecule has 3 rings (SSSR count). The second-order valence-corrected chi connectivity index (χ2v) is 8.75. The molecule has 9 heteroatoms. The third-order valence-electron chi connectivity index (χ3n) is 6.29. The highest BCUT2D eigenvalue weighted by Crippen LogP contribution is 2.43. The maximum absolute atomic E-state index is 12.8. The highest BCUT2D eigenvalue weighted by molar-refractivity contribution is 6.54. The van der Waals surface area contributed by atoms with Crippen LogP contribution in [0.5, 0.6) is 5.88 Å². The first-order chi connectivity index (χ1) is 13.6. The Morgan fingerprint density at radius 3 is 2.48 bits per heavy atom. The highest BCUT2D eigenvalue weighted by atomic mass is 16.7. The van der Waals surface area contributed by atoms with Crippen molar-refractivity contribution in [1.29, 1.82) is 0 Å². The summed E-state index contributed by atoms with van der Waals surface area (Å²) in [4.78, 5) is 12.8. The number of aryl methyl sites for hydroxylation is 1. The molecule has 1 fully saturated rings. The van der Waals surface area contributed by atoms with Crippen LogP contribution in [0.1, 0.15) is 60.8 Å². The van der Waals surface area contributed by atoms with E-state index in [0.29, 0.717) is 38.3 Å². The fraction of sp³-hybridized carbons (Fsp3) is 0.750. The Balaban J connectivity index is 1.75. The lowest BCUT2D eigenvalue weighted by atomic mass is 9.66. The van der Waals surface area contributed by atoms with Crippen molar-refractivity contribution in [2.24, 2.45) is 5.41 Å². The van der Waals surface area contributed by atoms with Crippen LogP contribution in [-0.4, -0.2) is 52.5 Å². The maximum atomic E-state index is 12.8. The lowest BCUT2D eigenvalue weighted by molar-refractivity contribution is -0.158. The summed E-state index contributed by atoms with van der Waals surface area (Å²) in [5.74, 6) is 0.316. The molecular weight excluding hydrogens is 373 g/mol. The Hall–Kier alpha value is -1.87. The van der Waals surface area contributed by atoms with Crippen LogP contribution in [0.15, 0.2) is 17.7 Å². The van der Waals surface area contributed by atoms with Gasteiger partial charge in [0.15, 0.2) is 0 Å². The molecule has 1 aromatic heterocycles. The molecule has 1 aliphatic carbocycles. The molecular formula is C20H32BN3O5. The van der Waals surface area contributed by atoms with Crippen molar-refractivity contribution in [2.45, 2.75) is 78.6 Å². The van der Waals surface area contributed by atoms with E-state index < -0.39 is 5.41 Å². The van der Waals surface area contributed by atoms with E-state index in [9.17, 15) is 4.79 Å². The van der Waals surface area contributed by atoms with Crippen molar-refractivity contribution in [3.05, 3.63) is 17.7 Å². The Labute approximate surface area is 173 Å². The summed E-state index contributed by atoms with van der Waals surface area (Å²) in [6.07, 6.45) is 5.43. The Kier molecular flexibility index (Phi) is 6.10. The van der Waals surface area contributed by atoms with Crippen molar-refractivity contribution in [1.82, 2.24) is 15.0 Å². The standard InChI is InChI=1S/C20H32BN3O5/c1-7-24-16(13-22-23-24)27-14-20(17(25)26-8-2)11-9-15(10-12-20)21-28-18(3,4)19(5,6)29-21/h9,13H,7-8,10-12,14H2,1-6H3. The molecule has 0 spiro atoms. The number of rotatable bonds is 7. The number of carbonyl (C=O) groups excluding carboxylic acids is 1. The maximum Gasteiger partial charge on any atom is 0.490 e. The monoisotopic (exact) mass is 405 g/mol. The number of allylic oxidation sites excluding steroid dienone is 2. The smallest absolute Gasteiger partial charge is 0.475 e. The summed E-state index contributed by atoms with van der Waals surface area (Å²) >= 11 is 0. The molecule has 2 heterocycles. The molecule has 29 heavy (non-hydrogen) atoms. The number of aromatic nitrogens is 3. The number of nitrogens with zero attached hydrogens (tertiary/aromatic N) is 3. The van der Waals surface area contributed by atoms with Crippen LogP contribution in [0.25, 0.3) is 0 Å². The predicted octanol–water partition coefficient (Wildman–Crippen LogP) is 2.97. The second kappa shape index (κ2) is 8.10. The molecule has 160 valence electrons. The zero-order valence-corrected chi connectivity index (χ0v) is 18.4. The summed E-state index contributed by atoms with van der Waals surface area (Å²) in [5.41, 5.74) is -0.443. The van der Waals surface area contributed by atoms with Gasteiger partial charge >= 0.3 is 13.1 Å². The minimum absolute atomic E-state index is 0.215. The first-order valence-corrected chi connectivity index (χ1v) is 10.4. The zero-order chi connectivity index (χ0) is 21.3. The van der Waals surface area contributed by atoms with Crippen LogP contribution in [0, 0.1) is 5.41 Å². The second-order valence-electron chi connectivity index (χ2n) is 8.75. The first kappa shape index (κ1) is 21.8. The van der Waals surface area contributed by atoms with Crippen molar-refractivity contribution in [2.75, 3.05) is 13.2 Å². The molecule has 0 saturated carbocycles. The summed E-state index contributed by atoms with van der Waals surface area (Å²) in [6, 6.07) is 0. The lowest BCUT2D eigenvalue weighted by Gasteiger charge is -2.34. The van der Waals surface area contributed by atoms with Crippen LogP contribution in [-0.2, 0) is 25.4 Å². The van der Waals surface area contributed by atoms with E-state index in [1.54, 1.807) is 10.9 Å². The van der Waals surface area contributed by atoms with Gasteiger partial charge < -0.3 is 18.8 Å². The molecule has 8 nitrogen and oxygen atoms in total. The van der Waals surface area contributed by atoms with Crippen LogP contribution in [0.2, 0.25) is 0 Å². The normalized spacial score (nSPS) is 25.6. The van der Waals surface area contributed by atoms with E-state index in [0.717, 1.165) is 5.47 Å². The third-order valence-corrected chi connectivity index (χ3v) is 6.29. The van der Waals surface area contributed by atoms with E-state index in [-0.39, 0.29) is 30.9 Å². The van der Waals surface area contributed by atoms with Gasteiger partial charge in [-0.05, 0) is 66.3 Å². The van der Waals surface area contributed by atoms with Gasteiger partial charge in [0, 0.05) is 6.54 Å². The SMILES string of the molecule is CCOC(=O)C1(COc2cnnn2CC)CC=C(B2OC(C)(C)C(C)(C)O2)CC1. The van der Waals surface area contributed by atoms with E-state index >= 15 is 0 Å². The van der Waals surface area contributed by atoms with Crippen LogP contribution >= 0.6 is 0 Å². The van der Waals surface area contributed by atoms with Gasteiger partial charge in [0.1, 0.15) is 18.2 Å². The largest absolute Gasteiger partial charge is 0.490 e. The van der Waals surface area contributed by atoms with Crippen LogP contribution < -0.4 is 4.74 Å². The molecule has 1 saturated heterocycles. The Bertz CT molecular complexity index is 760. The molecule has 1 atom stereocenters. The first-order valence-electron chi connectivity index (χ1n) is 10.4. The molecule has 0 amide bonds. The summed E-state index contributed by atoms with van der Waals surface area (Å²) in [6.45, 7) is 13.1. The molecule has 1 aromatic rings. The summed E-state index contributed by atoms with van der Waals surface area (Å²) in [5, 5.41) is 7.85. The van der Waals surface area contributed by atoms with E-state index in [4.69, 9.17) is 18.8 Å². The number of ether oxygens (including phenoxy) is 2. The van der Waals surface area contributed by atoms with Gasteiger partial charge in [-0.3, -0.25) is 4.79 Å². The quantitative estimate of drug-likeness (QED) is 0.509. The number of hydrogen-bond acceptors (Lipinski definition) is 7. The summed E-state index contributed by atoms with van der Waals surface area (Å²) < 4.78 is 25.3.